The quantitative estimate of drug-likeness (QED) is 0.180. The smallest absolute Gasteiger partial charge is 0.247 e. The lowest BCUT2D eigenvalue weighted by Crippen LogP contribution is -2.61. The minimum absolute atomic E-state index is 0.0146. The predicted molar refractivity (Wildman–Crippen MR) is 185 cm³/mol. The van der Waals surface area contributed by atoms with Gasteiger partial charge in [0.15, 0.2) is 0 Å². The van der Waals surface area contributed by atoms with Crippen molar-refractivity contribution in [1.29, 1.82) is 0 Å². The van der Waals surface area contributed by atoms with Gasteiger partial charge in [-0.3, -0.25) is 14.4 Å². The largest absolute Gasteiger partial charge is 0.396 e. The minimum atomic E-state index is -0.683. The second-order valence-corrected chi connectivity index (χ2v) is 16.6. The topological polar surface area (TPSA) is 81.2 Å². The first kappa shape index (κ1) is 35.3. The number of unbranched alkanes of at least 4 members (excludes halogenated alkanes) is 3. The van der Waals surface area contributed by atoms with Crippen LogP contribution in [0.25, 0.3) is 0 Å². The number of anilines is 1. The van der Waals surface area contributed by atoms with Gasteiger partial charge in [-0.05, 0) is 63.0 Å². The molecule has 3 heterocycles. The summed E-state index contributed by atoms with van der Waals surface area (Å²) < 4.78 is -0.683. The van der Waals surface area contributed by atoms with Crippen molar-refractivity contribution >= 4 is 35.2 Å². The number of hydrogen-bond donors (Lipinski definition) is 1. The van der Waals surface area contributed by atoms with Gasteiger partial charge in [-0.2, -0.15) is 0 Å². The zero-order valence-corrected chi connectivity index (χ0v) is 29.2. The molecule has 248 valence electrons. The molecule has 1 aromatic carbocycles. The van der Waals surface area contributed by atoms with E-state index in [0.717, 1.165) is 44.2 Å². The van der Waals surface area contributed by atoms with Gasteiger partial charge in [-0.1, -0.05) is 70.9 Å². The van der Waals surface area contributed by atoms with E-state index in [9.17, 15) is 14.7 Å². The first-order chi connectivity index (χ1) is 21.2. The summed E-state index contributed by atoms with van der Waals surface area (Å²) in [6.07, 6.45) is 8.31. The van der Waals surface area contributed by atoms with E-state index in [1.54, 1.807) is 28.8 Å². The number of aliphatic hydroxyl groups excluding tert-OH is 1. The van der Waals surface area contributed by atoms with Crippen molar-refractivity contribution in [3.8, 4) is 0 Å². The molecule has 3 aliphatic rings. The number of thioether (sulfide) groups is 1. The van der Waals surface area contributed by atoms with Crippen LogP contribution in [-0.2, 0) is 14.4 Å². The molecule has 2 bridgehead atoms. The molecule has 45 heavy (non-hydrogen) atoms. The Kier molecular flexibility index (Phi) is 11.0. The number of fused-ring (bicyclic) bond motifs is 1. The molecule has 3 fully saturated rings. The number of carbonyl (C=O) groups is 3. The van der Waals surface area contributed by atoms with Gasteiger partial charge in [0, 0.05) is 42.7 Å². The molecule has 4 rings (SSSR count). The van der Waals surface area contributed by atoms with Crippen molar-refractivity contribution in [2.75, 3.05) is 31.1 Å². The third-order valence-corrected chi connectivity index (χ3v) is 12.1. The summed E-state index contributed by atoms with van der Waals surface area (Å²) >= 11 is 1.73. The molecule has 3 saturated heterocycles. The highest BCUT2D eigenvalue weighted by Gasteiger charge is 2.76. The minimum Gasteiger partial charge on any atom is -0.396 e. The maximum absolute atomic E-state index is 15.1. The number of benzene rings is 1. The van der Waals surface area contributed by atoms with Crippen LogP contribution in [0, 0.1) is 23.2 Å². The highest BCUT2D eigenvalue weighted by molar-refractivity contribution is 8.02. The number of aliphatic hydroxyl groups is 1. The summed E-state index contributed by atoms with van der Waals surface area (Å²) in [5.74, 6) is -1.13. The van der Waals surface area contributed by atoms with Crippen LogP contribution in [0.3, 0.4) is 0 Å². The number of rotatable bonds is 15. The summed E-state index contributed by atoms with van der Waals surface area (Å²) in [5, 5.41) is 9.26. The van der Waals surface area contributed by atoms with E-state index in [1.165, 1.54) is 0 Å². The van der Waals surface area contributed by atoms with E-state index < -0.39 is 28.2 Å². The van der Waals surface area contributed by atoms with Crippen molar-refractivity contribution in [2.24, 2.45) is 23.2 Å². The zero-order chi connectivity index (χ0) is 33.2. The Morgan fingerprint density at radius 1 is 1.02 bits per heavy atom. The van der Waals surface area contributed by atoms with Crippen LogP contribution < -0.4 is 4.90 Å². The van der Waals surface area contributed by atoms with E-state index in [0.29, 0.717) is 19.6 Å². The number of para-hydroxylation sites is 1. The van der Waals surface area contributed by atoms with Crippen LogP contribution >= 0.6 is 11.8 Å². The summed E-state index contributed by atoms with van der Waals surface area (Å²) in [7, 11) is 0. The van der Waals surface area contributed by atoms with Gasteiger partial charge < -0.3 is 19.8 Å². The standard InChI is InChI=1S/C37H55N3O4S/c1-9-20-38(27-18-14-13-15-19-27)32(42)29-28-24-26(3)37(45-28)30(29)33(43)39(22-16-11-12-17-23-41)31(37)34(44)40(21-10-2)36(7,8)25-35(4,5)6/h9-10,13-15,18-19,26,28-31,41H,1-2,11-12,16-17,20-25H2,3-8H3/t26?,28-,29+,30+,31?,37?/m1/s1. The van der Waals surface area contributed by atoms with Crippen LogP contribution in [0.5, 0.6) is 0 Å². The Balaban J connectivity index is 1.78. The summed E-state index contributed by atoms with van der Waals surface area (Å²) in [6.45, 7) is 22.2. The molecule has 0 radical (unpaired) electrons. The highest BCUT2D eigenvalue weighted by atomic mass is 32.2. The molecule has 7 nitrogen and oxygen atoms in total. The van der Waals surface area contributed by atoms with E-state index in [2.05, 4.69) is 54.7 Å². The summed E-state index contributed by atoms with van der Waals surface area (Å²) in [6, 6.07) is 8.95. The highest BCUT2D eigenvalue weighted by Crippen LogP contribution is 2.69. The van der Waals surface area contributed by atoms with Crippen molar-refractivity contribution in [3.05, 3.63) is 55.6 Å². The SMILES string of the molecule is C=CCN(C(=O)[C@@H]1[C@H]2C(=O)N(CCCCCCO)C(C(=O)N(CC=C)C(C)(C)CC(C)(C)C)C23S[C@@H]1CC3C)c1ccccc1. The molecule has 3 amide bonds. The van der Waals surface area contributed by atoms with Gasteiger partial charge >= 0.3 is 0 Å². The number of amides is 3. The number of likely N-dealkylation sites (tertiary alicyclic amines) is 1. The van der Waals surface area contributed by atoms with Crippen LogP contribution in [0.2, 0.25) is 0 Å². The molecule has 6 atom stereocenters. The van der Waals surface area contributed by atoms with Gasteiger partial charge in [0.25, 0.3) is 0 Å². The fraction of sp³-hybridized carbons (Fsp3) is 0.649. The molecular formula is C37H55N3O4S. The number of carbonyl (C=O) groups excluding carboxylic acids is 3. The average Bonchev–Trinajstić information content (AvgIpc) is 3.56. The second-order valence-electron chi connectivity index (χ2n) is 15.1. The molecule has 0 aliphatic carbocycles. The van der Waals surface area contributed by atoms with E-state index in [-0.39, 0.29) is 40.9 Å². The van der Waals surface area contributed by atoms with Crippen molar-refractivity contribution < 1.29 is 19.5 Å². The molecular weight excluding hydrogens is 582 g/mol. The van der Waals surface area contributed by atoms with Crippen molar-refractivity contribution in [1.82, 2.24) is 9.80 Å². The Labute approximate surface area is 275 Å². The monoisotopic (exact) mass is 637 g/mol. The fourth-order valence-corrected chi connectivity index (χ4v) is 11.0. The van der Waals surface area contributed by atoms with Crippen LogP contribution in [0.4, 0.5) is 5.69 Å². The number of hydrogen-bond acceptors (Lipinski definition) is 5. The average molecular weight is 638 g/mol. The first-order valence-corrected chi connectivity index (χ1v) is 17.6. The molecule has 3 unspecified atom stereocenters. The van der Waals surface area contributed by atoms with E-state index in [1.807, 2.05) is 40.1 Å². The normalized spacial score (nSPS) is 27.4. The lowest BCUT2D eigenvalue weighted by atomic mass is 9.65. The second kappa shape index (κ2) is 14.0. The van der Waals surface area contributed by atoms with Crippen LogP contribution in [0.1, 0.15) is 80.1 Å². The molecule has 1 aromatic rings. The lowest BCUT2D eigenvalue weighted by Gasteiger charge is -2.47. The van der Waals surface area contributed by atoms with Gasteiger partial charge in [-0.25, -0.2) is 0 Å². The Morgan fingerprint density at radius 2 is 1.67 bits per heavy atom. The van der Waals surface area contributed by atoms with E-state index in [4.69, 9.17) is 0 Å². The van der Waals surface area contributed by atoms with Crippen LogP contribution in [-0.4, -0.2) is 80.4 Å². The molecule has 1 N–H and O–H groups in total. The maximum atomic E-state index is 15.1. The molecule has 0 saturated carbocycles. The predicted octanol–water partition coefficient (Wildman–Crippen LogP) is 6.32. The Hall–Kier alpha value is -2.58. The van der Waals surface area contributed by atoms with Gasteiger partial charge in [0.2, 0.25) is 17.7 Å². The number of nitrogens with zero attached hydrogens (tertiary/aromatic N) is 3. The first-order valence-electron chi connectivity index (χ1n) is 16.7. The Morgan fingerprint density at radius 3 is 2.27 bits per heavy atom. The summed E-state index contributed by atoms with van der Waals surface area (Å²) in [5.41, 5.74) is 0.304. The molecule has 1 spiro atoms. The van der Waals surface area contributed by atoms with Crippen molar-refractivity contribution in [2.45, 2.75) is 102 Å². The van der Waals surface area contributed by atoms with Crippen LogP contribution in [0.15, 0.2) is 55.6 Å². The fourth-order valence-electron chi connectivity index (χ4n) is 8.61. The van der Waals surface area contributed by atoms with Gasteiger partial charge in [0.05, 0.1) is 16.6 Å². The molecule has 0 aromatic heterocycles. The maximum Gasteiger partial charge on any atom is 0.247 e. The zero-order valence-electron chi connectivity index (χ0n) is 28.3. The van der Waals surface area contributed by atoms with Crippen molar-refractivity contribution in [3.63, 3.8) is 0 Å². The van der Waals surface area contributed by atoms with E-state index >= 15 is 4.79 Å². The Bertz CT molecular complexity index is 1240. The lowest BCUT2D eigenvalue weighted by molar-refractivity contribution is -0.146. The third-order valence-electron chi connectivity index (χ3n) is 9.99. The third kappa shape index (κ3) is 6.78. The van der Waals surface area contributed by atoms with Gasteiger partial charge in [0.1, 0.15) is 6.04 Å². The van der Waals surface area contributed by atoms with Gasteiger partial charge in [-0.15, -0.1) is 24.9 Å². The summed E-state index contributed by atoms with van der Waals surface area (Å²) in [4.78, 5) is 49.9. The molecule has 3 aliphatic heterocycles. The molecule has 8 heteroatoms.